The number of benzene rings is 2. The minimum atomic E-state index is -1.18. The molecule has 0 aliphatic carbocycles. The Kier molecular flexibility index (Phi) is 5.84. The van der Waals surface area contributed by atoms with Crippen LogP contribution in [0.4, 0.5) is 5.69 Å². The van der Waals surface area contributed by atoms with E-state index in [4.69, 9.17) is 21.1 Å². The Morgan fingerprint density at radius 1 is 1.10 bits per heavy atom. The number of fused-ring (bicyclic) bond motifs is 1. The molecule has 150 valence electrons. The van der Waals surface area contributed by atoms with Gasteiger partial charge < -0.3 is 14.8 Å². The number of methoxy groups -OCH3 is 1. The first-order valence-corrected chi connectivity index (χ1v) is 8.98. The number of imide groups is 1. The van der Waals surface area contributed by atoms with Crippen molar-refractivity contribution in [3.8, 4) is 5.75 Å². The fourth-order valence-corrected chi connectivity index (χ4v) is 2.98. The largest absolute Gasteiger partial charge is 0.495 e. The molecule has 1 heterocycles. The van der Waals surface area contributed by atoms with Gasteiger partial charge >= 0.3 is 5.97 Å². The summed E-state index contributed by atoms with van der Waals surface area (Å²) in [6, 6.07) is 10.9. The van der Waals surface area contributed by atoms with Gasteiger partial charge in [-0.15, -0.1) is 0 Å². The number of nitrogens with one attached hydrogen (secondary N) is 1. The Morgan fingerprint density at radius 2 is 1.72 bits per heavy atom. The summed E-state index contributed by atoms with van der Waals surface area (Å²) in [7, 11) is 1.43. The number of hydrogen-bond acceptors (Lipinski definition) is 6. The first kappa shape index (κ1) is 20.3. The van der Waals surface area contributed by atoms with Crippen LogP contribution in [-0.4, -0.2) is 48.3 Å². The topological polar surface area (TPSA) is 102 Å². The van der Waals surface area contributed by atoms with Crippen molar-refractivity contribution in [3.05, 3.63) is 58.6 Å². The summed E-state index contributed by atoms with van der Waals surface area (Å²) in [5.74, 6) is -2.29. The SMILES string of the molecule is COc1ccc(Cl)cc1NC(=O)[C@H](C)OC(=O)CN1C(=O)c2ccccc2C1=O. The Morgan fingerprint density at radius 3 is 2.31 bits per heavy atom. The maximum absolute atomic E-state index is 12.3. The van der Waals surface area contributed by atoms with Crippen molar-refractivity contribution in [2.45, 2.75) is 13.0 Å². The highest BCUT2D eigenvalue weighted by Gasteiger charge is 2.37. The summed E-state index contributed by atoms with van der Waals surface area (Å²) >= 11 is 5.92. The van der Waals surface area contributed by atoms with Gasteiger partial charge in [0.05, 0.1) is 23.9 Å². The molecule has 1 aliphatic heterocycles. The van der Waals surface area contributed by atoms with Crippen LogP contribution in [0.1, 0.15) is 27.6 Å². The zero-order valence-electron chi connectivity index (χ0n) is 15.6. The van der Waals surface area contributed by atoms with Crippen LogP contribution in [-0.2, 0) is 14.3 Å². The van der Waals surface area contributed by atoms with Crippen molar-refractivity contribution in [2.75, 3.05) is 19.0 Å². The maximum Gasteiger partial charge on any atom is 0.326 e. The molecule has 0 spiro atoms. The highest BCUT2D eigenvalue weighted by molar-refractivity contribution is 6.31. The molecule has 1 N–H and O–H groups in total. The van der Waals surface area contributed by atoms with Gasteiger partial charge in [-0.1, -0.05) is 23.7 Å². The lowest BCUT2D eigenvalue weighted by Gasteiger charge is -2.17. The minimum absolute atomic E-state index is 0.226. The molecule has 3 rings (SSSR count). The van der Waals surface area contributed by atoms with E-state index in [0.717, 1.165) is 4.90 Å². The van der Waals surface area contributed by atoms with E-state index >= 15 is 0 Å². The molecule has 1 atom stereocenters. The normalized spacial score (nSPS) is 13.7. The number of amides is 3. The molecule has 29 heavy (non-hydrogen) atoms. The van der Waals surface area contributed by atoms with Gasteiger partial charge in [0, 0.05) is 5.02 Å². The van der Waals surface area contributed by atoms with Crippen molar-refractivity contribution >= 4 is 41.0 Å². The van der Waals surface area contributed by atoms with Crippen molar-refractivity contribution in [1.82, 2.24) is 4.90 Å². The van der Waals surface area contributed by atoms with Crippen molar-refractivity contribution in [3.63, 3.8) is 0 Å². The number of anilines is 1. The number of nitrogens with zero attached hydrogens (tertiary/aromatic N) is 1. The number of ether oxygens (including phenoxy) is 2. The fourth-order valence-electron chi connectivity index (χ4n) is 2.81. The van der Waals surface area contributed by atoms with Gasteiger partial charge in [-0.2, -0.15) is 0 Å². The number of carbonyl (C=O) groups excluding carboxylic acids is 4. The van der Waals surface area contributed by atoms with E-state index in [1.165, 1.54) is 32.2 Å². The number of rotatable bonds is 6. The zero-order chi connectivity index (χ0) is 21.1. The van der Waals surface area contributed by atoms with Crippen LogP contribution in [0.2, 0.25) is 5.02 Å². The van der Waals surface area contributed by atoms with Crippen LogP contribution in [0.5, 0.6) is 5.75 Å². The molecule has 0 fully saturated rings. The van der Waals surface area contributed by atoms with E-state index < -0.39 is 36.3 Å². The quantitative estimate of drug-likeness (QED) is 0.573. The molecule has 8 nitrogen and oxygen atoms in total. The van der Waals surface area contributed by atoms with E-state index in [1.54, 1.807) is 24.3 Å². The number of esters is 1. The second-order valence-corrected chi connectivity index (χ2v) is 6.64. The summed E-state index contributed by atoms with van der Waals surface area (Å²) in [6.07, 6.45) is -1.18. The van der Waals surface area contributed by atoms with Crippen molar-refractivity contribution in [2.24, 2.45) is 0 Å². The third-order valence-electron chi connectivity index (χ3n) is 4.26. The van der Waals surface area contributed by atoms with Gasteiger partial charge in [-0.05, 0) is 37.3 Å². The Labute approximate surface area is 171 Å². The number of hydrogen-bond donors (Lipinski definition) is 1. The molecule has 0 saturated carbocycles. The van der Waals surface area contributed by atoms with Gasteiger partial charge in [0.15, 0.2) is 6.10 Å². The van der Waals surface area contributed by atoms with Crippen molar-refractivity contribution in [1.29, 1.82) is 0 Å². The Hall–Kier alpha value is -3.39. The van der Waals surface area contributed by atoms with Crippen LogP contribution in [0, 0.1) is 0 Å². The lowest BCUT2D eigenvalue weighted by molar-refractivity contribution is -0.153. The highest BCUT2D eigenvalue weighted by atomic mass is 35.5. The summed E-state index contributed by atoms with van der Waals surface area (Å²) in [5.41, 5.74) is 0.765. The first-order chi connectivity index (χ1) is 13.8. The van der Waals surface area contributed by atoms with Gasteiger partial charge in [0.25, 0.3) is 17.7 Å². The molecule has 0 aromatic heterocycles. The maximum atomic E-state index is 12.3. The molecule has 0 saturated heterocycles. The lowest BCUT2D eigenvalue weighted by atomic mass is 10.1. The number of carbonyl (C=O) groups is 4. The Bertz CT molecular complexity index is 971. The summed E-state index contributed by atoms with van der Waals surface area (Å²) in [5, 5.41) is 2.95. The smallest absolute Gasteiger partial charge is 0.326 e. The lowest BCUT2D eigenvalue weighted by Crippen LogP contribution is -2.38. The van der Waals surface area contributed by atoms with Gasteiger partial charge in [-0.25, -0.2) is 0 Å². The first-order valence-electron chi connectivity index (χ1n) is 8.61. The fraction of sp³-hybridized carbons (Fsp3) is 0.200. The molecular formula is C20H17ClN2O6. The van der Waals surface area contributed by atoms with Crippen LogP contribution in [0.25, 0.3) is 0 Å². The minimum Gasteiger partial charge on any atom is -0.495 e. The summed E-state index contributed by atoms with van der Waals surface area (Å²) in [4.78, 5) is 49.9. The molecule has 0 bridgehead atoms. The second-order valence-electron chi connectivity index (χ2n) is 6.21. The van der Waals surface area contributed by atoms with E-state index in [1.807, 2.05) is 0 Å². The van der Waals surface area contributed by atoms with E-state index in [9.17, 15) is 19.2 Å². The second kappa shape index (κ2) is 8.32. The number of halogens is 1. The van der Waals surface area contributed by atoms with Crippen LogP contribution in [0.3, 0.4) is 0 Å². The van der Waals surface area contributed by atoms with Gasteiger partial charge in [0.2, 0.25) is 0 Å². The predicted molar refractivity (Wildman–Crippen MR) is 104 cm³/mol. The van der Waals surface area contributed by atoms with Crippen molar-refractivity contribution < 1.29 is 28.7 Å². The standard InChI is InChI=1S/C20H17ClN2O6/c1-11(18(25)22-15-9-12(21)7-8-16(15)28-2)29-17(24)10-23-19(26)13-5-3-4-6-14(13)20(23)27/h3-9,11H,10H2,1-2H3,(H,22,25)/t11-/m0/s1. The average Bonchev–Trinajstić information content (AvgIpc) is 2.93. The van der Waals surface area contributed by atoms with Crippen LogP contribution < -0.4 is 10.1 Å². The van der Waals surface area contributed by atoms with Gasteiger partial charge in [-0.3, -0.25) is 24.1 Å². The molecule has 1 aliphatic rings. The third kappa shape index (κ3) is 4.22. The van der Waals surface area contributed by atoms with Crippen LogP contribution in [0.15, 0.2) is 42.5 Å². The molecular weight excluding hydrogens is 400 g/mol. The van der Waals surface area contributed by atoms with Gasteiger partial charge in [0.1, 0.15) is 12.3 Å². The molecule has 0 unspecified atom stereocenters. The van der Waals surface area contributed by atoms with E-state index in [2.05, 4.69) is 5.32 Å². The molecule has 0 radical (unpaired) electrons. The Balaban J connectivity index is 1.61. The average molecular weight is 417 g/mol. The predicted octanol–water partition coefficient (Wildman–Crippen LogP) is 2.52. The molecule has 2 aromatic rings. The monoisotopic (exact) mass is 416 g/mol. The highest BCUT2D eigenvalue weighted by Crippen LogP contribution is 2.28. The summed E-state index contributed by atoms with van der Waals surface area (Å²) in [6.45, 7) is 0.775. The third-order valence-corrected chi connectivity index (χ3v) is 4.50. The molecule has 3 amide bonds. The zero-order valence-corrected chi connectivity index (χ0v) is 16.4. The molecule has 9 heteroatoms. The van der Waals surface area contributed by atoms with Crippen LogP contribution >= 0.6 is 11.6 Å². The summed E-state index contributed by atoms with van der Waals surface area (Å²) < 4.78 is 10.2. The van der Waals surface area contributed by atoms with E-state index in [0.29, 0.717) is 16.5 Å². The molecule has 2 aromatic carbocycles. The van der Waals surface area contributed by atoms with E-state index in [-0.39, 0.29) is 11.1 Å².